The summed E-state index contributed by atoms with van der Waals surface area (Å²) in [7, 11) is 0. The smallest absolute Gasteiger partial charge is 0.218 e. The fourth-order valence-electron chi connectivity index (χ4n) is 1.97. The quantitative estimate of drug-likeness (QED) is 0.320. The second-order valence-corrected chi connectivity index (χ2v) is 8.11. The number of alkyl halides is 10. The SMILES string of the molecule is CCc1[c]c(Br)c(CC(Cl)(Cl)Cl)c(C(F)(C(F)(F)F)C(F)(F)F)c1. The van der Waals surface area contributed by atoms with E-state index in [4.69, 9.17) is 34.8 Å². The van der Waals surface area contributed by atoms with Crippen molar-refractivity contribution in [3.63, 3.8) is 0 Å². The van der Waals surface area contributed by atoms with Crippen molar-refractivity contribution in [1.82, 2.24) is 0 Å². The maximum Gasteiger partial charge on any atom is 0.435 e. The highest BCUT2D eigenvalue weighted by molar-refractivity contribution is 9.10. The van der Waals surface area contributed by atoms with Crippen molar-refractivity contribution in [2.45, 2.75) is 41.6 Å². The third-order valence-corrected chi connectivity index (χ3v) is 4.17. The second kappa shape index (κ2) is 7.00. The Kier molecular flexibility index (Phi) is 6.46. The topological polar surface area (TPSA) is 0 Å². The summed E-state index contributed by atoms with van der Waals surface area (Å²) >= 11 is 19.2. The summed E-state index contributed by atoms with van der Waals surface area (Å²) in [6.45, 7) is 1.46. The van der Waals surface area contributed by atoms with Crippen LogP contribution in [-0.2, 0) is 18.5 Å². The van der Waals surface area contributed by atoms with Gasteiger partial charge in [0.2, 0.25) is 0 Å². The summed E-state index contributed by atoms with van der Waals surface area (Å²) in [5, 5.41) is 0. The maximum atomic E-state index is 14.5. The van der Waals surface area contributed by atoms with Gasteiger partial charge in [0.25, 0.3) is 0 Å². The van der Waals surface area contributed by atoms with E-state index in [9.17, 15) is 30.7 Å². The Morgan fingerprint density at radius 1 is 1.00 bits per heavy atom. The van der Waals surface area contributed by atoms with Crippen LogP contribution in [0.1, 0.15) is 23.6 Å². The summed E-state index contributed by atoms with van der Waals surface area (Å²) in [5.74, 6) is 0. The molecular formula is C13H8BrCl3F7. The number of rotatable bonds is 3. The molecule has 0 heterocycles. The van der Waals surface area contributed by atoms with E-state index in [1.165, 1.54) is 6.92 Å². The molecule has 0 aliphatic heterocycles. The van der Waals surface area contributed by atoms with Crippen LogP contribution in [0.25, 0.3) is 0 Å². The van der Waals surface area contributed by atoms with Gasteiger partial charge in [-0.1, -0.05) is 47.8 Å². The van der Waals surface area contributed by atoms with Crippen LogP contribution in [0.2, 0.25) is 0 Å². The molecule has 1 rings (SSSR count). The third kappa shape index (κ3) is 4.43. The second-order valence-electron chi connectivity index (χ2n) is 4.80. The Balaban J connectivity index is 3.85. The van der Waals surface area contributed by atoms with E-state index in [0.29, 0.717) is 6.07 Å². The molecule has 0 nitrogen and oxygen atoms in total. The fourth-order valence-corrected chi connectivity index (χ4v) is 2.98. The molecule has 0 saturated carbocycles. The Labute approximate surface area is 156 Å². The summed E-state index contributed by atoms with van der Waals surface area (Å²) in [4.78, 5) is 0. The molecule has 0 amide bonds. The average Bonchev–Trinajstić information content (AvgIpc) is 2.35. The van der Waals surface area contributed by atoms with Gasteiger partial charge in [0.15, 0.2) is 3.79 Å². The van der Waals surface area contributed by atoms with Crippen molar-refractivity contribution in [3.8, 4) is 0 Å². The van der Waals surface area contributed by atoms with E-state index in [-0.39, 0.29) is 16.5 Å². The summed E-state index contributed by atoms with van der Waals surface area (Å²) in [5.41, 5.74) is -8.13. The number of hydrogen-bond acceptors (Lipinski definition) is 0. The Morgan fingerprint density at radius 2 is 1.46 bits per heavy atom. The van der Waals surface area contributed by atoms with Gasteiger partial charge in [0.1, 0.15) is 0 Å². The van der Waals surface area contributed by atoms with E-state index < -0.39 is 39.4 Å². The predicted molar refractivity (Wildman–Crippen MR) is 81.2 cm³/mol. The summed E-state index contributed by atoms with van der Waals surface area (Å²) < 4.78 is 90.2. The zero-order valence-corrected chi connectivity index (χ0v) is 15.5. The molecule has 0 aliphatic rings. The number of hydrogen-bond donors (Lipinski definition) is 0. The van der Waals surface area contributed by atoms with Crippen LogP contribution in [0, 0.1) is 6.07 Å². The molecule has 0 aromatic heterocycles. The Hall–Kier alpha value is 0.0800. The van der Waals surface area contributed by atoms with Gasteiger partial charge in [-0.05, 0) is 33.5 Å². The molecule has 1 aromatic carbocycles. The van der Waals surface area contributed by atoms with Crippen LogP contribution >= 0.6 is 50.7 Å². The van der Waals surface area contributed by atoms with Gasteiger partial charge in [-0.15, -0.1) is 0 Å². The molecule has 137 valence electrons. The Morgan fingerprint density at radius 3 is 1.79 bits per heavy atom. The molecule has 0 aliphatic carbocycles. The first-order valence-corrected chi connectivity index (χ1v) is 8.10. The zero-order valence-electron chi connectivity index (χ0n) is 11.6. The molecule has 0 saturated heterocycles. The van der Waals surface area contributed by atoms with Gasteiger partial charge < -0.3 is 0 Å². The standard InChI is InChI=1S/C13H8BrCl3F7/c1-2-6-3-8(7(9(14)4-6)5-10(15,16)17)11(18,12(19,20)21)13(22,23)24/h3H,2,5H2,1H3. The average molecular weight is 483 g/mol. The van der Waals surface area contributed by atoms with Crippen molar-refractivity contribution < 1.29 is 30.7 Å². The molecule has 0 N–H and O–H groups in total. The van der Waals surface area contributed by atoms with Crippen LogP contribution in [0.15, 0.2) is 10.5 Å². The summed E-state index contributed by atoms with van der Waals surface area (Å²) in [6, 6.07) is 2.94. The largest absolute Gasteiger partial charge is 0.435 e. The monoisotopic (exact) mass is 481 g/mol. The van der Waals surface area contributed by atoms with Crippen molar-refractivity contribution in [1.29, 1.82) is 0 Å². The number of benzene rings is 1. The van der Waals surface area contributed by atoms with Gasteiger partial charge in [-0.25, -0.2) is 4.39 Å². The van der Waals surface area contributed by atoms with Gasteiger partial charge >= 0.3 is 18.0 Å². The lowest BCUT2D eigenvalue weighted by Crippen LogP contribution is -2.51. The summed E-state index contributed by atoms with van der Waals surface area (Å²) in [6.07, 6.45) is -13.4. The van der Waals surface area contributed by atoms with E-state index >= 15 is 0 Å². The lowest BCUT2D eigenvalue weighted by atomic mass is 9.87. The molecule has 0 fully saturated rings. The minimum Gasteiger partial charge on any atom is -0.218 e. The van der Waals surface area contributed by atoms with Crippen LogP contribution < -0.4 is 0 Å². The van der Waals surface area contributed by atoms with Gasteiger partial charge in [-0.3, -0.25) is 0 Å². The number of halogens is 11. The van der Waals surface area contributed by atoms with Crippen LogP contribution in [0.3, 0.4) is 0 Å². The molecule has 0 spiro atoms. The maximum absolute atomic E-state index is 14.5. The third-order valence-electron chi connectivity index (χ3n) is 3.09. The molecular weight excluding hydrogens is 475 g/mol. The highest BCUT2D eigenvalue weighted by Gasteiger charge is 2.74. The Bertz CT molecular complexity index is 591. The fraction of sp³-hybridized carbons (Fsp3) is 0.538. The van der Waals surface area contributed by atoms with E-state index in [2.05, 4.69) is 22.0 Å². The van der Waals surface area contributed by atoms with Crippen molar-refractivity contribution >= 4 is 50.7 Å². The van der Waals surface area contributed by atoms with Crippen LogP contribution in [-0.4, -0.2) is 16.1 Å². The molecule has 0 bridgehead atoms. The lowest BCUT2D eigenvalue weighted by molar-refractivity contribution is -0.348. The molecule has 11 heteroatoms. The normalized spacial score (nSPS) is 14.2. The van der Waals surface area contributed by atoms with Gasteiger partial charge in [0.05, 0.1) is 0 Å². The molecule has 1 radical (unpaired) electrons. The van der Waals surface area contributed by atoms with E-state index in [0.717, 1.165) is 0 Å². The first-order chi connectivity index (χ1) is 10.5. The van der Waals surface area contributed by atoms with Crippen molar-refractivity contribution in [2.24, 2.45) is 0 Å². The van der Waals surface area contributed by atoms with Crippen LogP contribution in [0.5, 0.6) is 0 Å². The van der Waals surface area contributed by atoms with Gasteiger partial charge in [-0.2, -0.15) is 26.3 Å². The van der Waals surface area contributed by atoms with E-state index in [1.54, 1.807) is 0 Å². The minimum absolute atomic E-state index is 0.0193. The van der Waals surface area contributed by atoms with Crippen molar-refractivity contribution in [2.75, 3.05) is 0 Å². The minimum atomic E-state index is -6.26. The van der Waals surface area contributed by atoms with Crippen molar-refractivity contribution in [3.05, 3.63) is 33.3 Å². The molecule has 24 heavy (non-hydrogen) atoms. The zero-order chi connectivity index (χ0) is 19.1. The van der Waals surface area contributed by atoms with Crippen LogP contribution in [0.4, 0.5) is 30.7 Å². The lowest BCUT2D eigenvalue weighted by Gasteiger charge is -2.33. The molecule has 0 unspecified atom stereocenters. The first-order valence-electron chi connectivity index (χ1n) is 6.17. The molecule has 0 atom stereocenters. The van der Waals surface area contributed by atoms with Gasteiger partial charge in [0, 0.05) is 22.5 Å². The van der Waals surface area contributed by atoms with E-state index in [1.807, 2.05) is 0 Å². The highest BCUT2D eigenvalue weighted by atomic mass is 79.9. The highest BCUT2D eigenvalue weighted by Crippen LogP contribution is 2.55. The predicted octanol–water partition coefficient (Wildman–Crippen LogP) is 7.01. The first kappa shape index (κ1) is 22.1. The molecule has 1 aromatic rings. The number of aryl methyl sites for hydroxylation is 1.